The molecule has 0 aliphatic rings. The highest BCUT2D eigenvalue weighted by Gasteiger charge is 1.99. The van der Waals surface area contributed by atoms with Gasteiger partial charge < -0.3 is 5.32 Å². The molecule has 2 aromatic carbocycles. The van der Waals surface area contributed by atoms with Crippen LogP contribution in [0.15, 0.2) is 48.5 Å². The van der Waals surface area contributed by atoms with E-state index in [1.165, 1.54) is 11.6 Å². The van der Waals surface area contributed by atoms with Crippen LogP contribution >= 0.6 is 0 Å². The van der Waals surface area contributed by atoms with Crippen molar-refractivity contribution in [1.29, 1.82) is 0 Å². The molecular weight excluding hydrogens is 213 g/mol. The molecule has 0 atom stereocenters. The Labute approximate surface area is 101 Å². The van der Waals surface area contributed by atoms with Gasteiger partial charge >= 0.3 is 0 Å². The second-order valence-corrected chi connectivity index (χ2v) is 4.12. The predicted molar refractivity (Wildman–Crippen MR) is 69.8 cm³/mol. The topological polar surface area (TPSA) is 12.0 Å². The molecule has 1 nitrogen and oxygen atoms in total. The molecule has 0 saturated heterocycles. The second-order valence-electron chi connectivity index (χ2n) is 4.12. The van der Waals surface area contributed by atoms with Gasteiger partial charge in [0.15, 0.2) is 0 Å². The Morgan fingerprint density at radius 3 is 2.53 bits per heavy atom. The minimum atomic E-state index is -0.184. The first kappa shape index (κ1) is 11.6. The third-order valence-corrected chi connectivity index (χ3v) is 2.76. The molecule has 2 aromatic rings. The molecule has 0 aliphatic carbocycles. The molecule has 0 spiro atoms. The Morgan fingerprint density at radius 1 is 1.06 bits per heavy atom. The number of aryl methyl sites for hydroxylation is 1. The van der Waals surface area contributed by atoms with E-state index in [1.54, 1.807) is 12.1 Å². The van der Waals surface area contributed by atoms with Gasteiger partial charge in [-0.2, -0.15) is 0 Å². The summed E-state index contributed by atoms with van der Waals surface area (Å²) in [6, 6.07) is 15.1. The number of nitrogens with one attached hydrogen (secondary N) is 1. The SMILES string of the molecule is Cc1cc(F)ccc1NCCc1ccccc1. The zero-order valence-electron chi connectivity index (χ0n) is 9.91. The summed E-state index contributed by atoms with van der Waals surface area (Å²) in [4.78, 5) is 0. The number of hydrogen-bond acceptors (Lipinski definition) is 1. The van der Waals surface area contributed by atoms with Crippen LogP contribution in [0, 0.1) is 12.7 Å². The monoisotopic (exact) mass is 229 g/mol. The van der Waals surface area contributed by atoms with Crippen molar-refractivity contribution >= 4 is 5.69 Å². The molecule has 0 bridgehead atoms. The molecule has 0 saturated carbocycles. The molecular formula is C15H16FN. The van der Waals surface area contributed by atoms with Crippen LogP contribution in [0.2, 0.25) is 0 Å². The van der Waals surface area contributed by atoms with Gasteiger partial charge in [0.05, 0.1) is 0 Å². The maximum Gasteiger partial charge on any atom is 0.123 e. The van der Waals surface area contributed by atoms with Crippen molar-refractivity contribution in [2.75, 3.05) is 11.9 Å². The van der Waals surface area contributed by atoms with Crippen molar-refractivity contribution in [3.8, 4) is 0 Å². The first-order chi connectivity index (χ1) is 8.25. The van der Waals surface area contributed by atoms with Crippen molar-refractivity contribution in [1.82, 2.24) is 0 Å². The minimum Gasteiger partial charge on any atom is -0.384 e. The molecule has 2 heteroatoms. The van der Waals surface area contributed by atoms with Gasteiger partial charge in [-0.05, 0) is 42.7 Å². The molecule has 17 heavy (non-hydrogen) atoms. The summed E-state index contributed by atoms with van der Waals surface area (Å²) in [5, 5.41) is 3.32. The Bertz CT molecular complexity index is 480. The van der Waals surface area contributed by atoms with Crippen LogP contribution in [0.5, 0.6) is 0 Å². The Morgan fingerprint density at radius 2 is 1.82 bits per heavy atom. The summed E-state index contributed by atoms with van der Waals surface area (Å²) in [5.41, 5.74) is 3.25. The van der Waals surface area contributed by atoms with Crippen molar-refractivity contribution in [2.24, 2.45) is 0 Å². The molecule has 2 rings (SSSR count). The van der Waals surface area contributed by atoms with Crippen LogP contribution in [-0.4, -0.2) is 6.54 Å². The fourth-order valence-corrected chi connectivity index (χ4v) is 1.81. The smallest absolute Gasteiger partial charge is 0.123 e. The van der Waals surface area contributed by atoms with Gasteiger partial charge in [0.25, 0.3) is 0 Å². The lowest BCUT2D eigenvalue weighted by Gasteiger charge is -2.09. The minimum absolute atomic E-state index is 0.184. The Balaban J connectivity index is 1.90. The summed E-state index contributed by atoms with van der Waals surface area (Å²) in [6.45, 7) is 2.77. The van der Waals surface area contributed by atoms with Gasteiger partial charge in [0, 0.05) is 12.2 Å². The zero-order valence-corrected chi connectivity index (χ0v) is 9.91. The van der Waals surface area contributed by atoms with Crippen molar-refractivity contribution in [2.45, 2.75) is 13.3 Å². The highest BCUT2D eigenvalue weighted by Crippen LogP contribution is 2.15. The summed E-state index contributed by atoms with van der Waals surface area (Å²) in [5.74, 6) is -0.184. The number of halogens is 1. The Kier molecular flexibility index (Phi) is 3.76. The largest absolute Gasteiger partial charge is 0.384 e. The molecule has 0 unspecified atom stereocenters. The first-order valence-corrected chi connectivity index (χ1v) is 5.79. The fourth-order valence-electron chi connectivity index (χ4n) is 1.81. The van der Waals surface area contributed by atoms with E-state index in [0.717, 1.165) is 24.2 Å². The lowest BCUT2D eigenvalue weighted by Crippen LogP contribution is -2.06. The Hall–Kier alpha value is -1.83. The lowest BCUT2D eigenvalue weighted by atomic mass is 10.1. The molecule has 0 fully saturated rings. The molecule has 0 heterocycles. The van der Waals surface area contributed by atoms with Crippen molar-refractivity contribution < 1.29 is 4.39 Å². The summed E-state index contributed by atoms with van der Waals surface area (Å²) in [7, 11) is 0. The van der Waals surface area contributed by atoms with Gasteiger partial charge in [-0.15, -0.1) is 0 Å². The van der Waals surface area contributed by atoms with Gasteiger partial charge in [0.1, 0.15) is 5.82 Å². The fraction of sp³-hybridized carbons (Fsp3) is 0.200. The molecule has 0 amide bonds. The molecule has 0 aromatic heterocycles. The normalized spacial score (nSPS) is 10.2. The van der Waals surface area contributed by atoms with Crippen LogP contribution in [0.3, 0.4) is 0 Å². The first-order valence-electron chi connectivity index (χ1n) is 5.79. The highest BCUT2D eigenvalue weighted by molar-refractivity contribution is 5.50. The van der Waals surface area contributed by atoms with Gasteiger partial charge in [-0.1, -0.05) is 30.3 Å². The van der Waals surface area contributed by atoms with Gasteiger partial charge in [-0.3, -0.25) is 0 Å². The molecule has 1 N–H and O–H groups in total. The van der Waals surface area contributed by atoms with E-state index in [4.69, 9.17) is 0 Å². The van der Waals surface area contributed by atoms with E-state index < -0.39 is 0 Å². The van der Waals surface area contributed by atoms with Crippen molar-refractivity contribution in [3.63, 3.8) is 0 Å². The van der Waals surface area contributed by atoms with E-state index in [0.29, 0.717) is 0 Å². The summed E-state index contributed by atoms with van der Waals surface area (Å²) in [6.07, 6.45) is 0.970. The average molecular weight is 229 g/mol. The maximum atomic E-state index is 12.9. The van der Waals surface area contributed by atoms with Crippen LogP contribution < -0.4 is 5.32 Å². The third kappa shape index (κ3) is 3.31. The zero-order chi connectivity index (χ0) is 12.1. The highest BCUT2D eigenvalue weighted by atomic mass is 19.1. The van der Waals surface area contributed by atoms with Gasteiger partial charge in [0.2, 0.25) is 0 Å². The van der Waals surface area contributed by atoms with E-state index in [2.05, 4.69) is 17.4 Å². The third-order valence-electron chi connectivity index (χ3n) is 2.76. The number of hydrogen-bond donors (Lipinski definition) is 1. The van der Waals surface area contributed by atoms with Crippen LogP contribution in [0.4, 0.5) is 10.1 Å². The van der Waals surface area contributed by atoms with Crippen LogP contribution in [-0.2, 0) is 6.42 Å². The second kappa shape index (κ2) is 5.48. The van der Waals surface area contributed by atoms with E-state index in [9.17, 15) is 4.39 Å². The van der Waals surface area contributed by atoms with E-state index in [-0.39, 0.29) is 5.82 Å². The molecule has 0 aliphatic heterocycles. The maximum absolute atomic E-state index is 12.9. The van der Waals surface area contributed by atoms with Crippen LogP contribution in [0.25, 0.3) is 0 Å². The van der Waals surface area contributed by atoms with E-state index in [1.807, 2.05) is 25.1 Å². The predicted octanol–water partition coefficient (Wildman–Crippen LogP) is 3.79. The van der Waals surface area contributed by atoms with Gasteiger partial charge in [-0.25, -0.2) is 4.39 Å². The standard InChI is InChI=1S/C15H16FN/c1-12-11-14(16)7-8-15(12)17-10-9-13-5-3-2-4-6-13/h2-8,11,17H,9-10H2,1H3. The number of benzene rings is 2. The molecule has 0 radical (unpaired) electrons. The lowest BCUT2D eigenvalue weighted by molar-refractivity contribution is 0.627. The average Bonchev–Trinajstić information content (AvgIpc) is 2.33. The summed E-state index contributed by atoms with van der Waals surface area (Å²) >= 11 is 0. The van der Waals surface area contributed by atoms with E-state index >= 15 is 0 Å². The number of anilines is 1. The van der Waals surface area contributed by atoms with Crippen LogP contribution in [0.1, 0.15) is 11.1 Å². The van der Waals surface area contributed by atoms with Crippen molar-refractivity contribution in [3.05, 3.63) is 65.5 Å². The quantitative estimate of drug-likeness (QED) is 0.841. The summed E-state index contributed by atoms with van der Waals surface area (Å²) < 4.78 is 12.9. The number of rotatable bonds is 4. The molecule has 88 valence electrons.